The van der Waals surface area contributed by atoms with Crippen LogP contribution in [-0.4, -0.2) is 46.1 Å². The van der Waals surface area contributed by atoms with E-state index in [1.54, 1.807) is 9.58 Å². The van der Waals surface area contributed by atoms with E-state index in [1.807, 2.05) is 20.9 Å². The van der Waals surface area contributed by atoms with Crippen molar-refractivity contribution in [2.24, 2.45) is 13.0 Å². The van der Waals surface area contributed by atoms with Crippen molar-refractivity contribution in [2.75, 3.05) is 19.6 Å². The van der Waals surface area contributed by atoms with Gasteiger partial charge in [0.25, 0.3) is 5.91 Å². The second-order valence-corrected chi connectivity index (χ2v) is 8.91. The van der Waals surface area contributed by atoms with Gasteiger partial charge in [0.05, 0.1) is 11.6 Å². The van der Waals surface area contributed by atoms with Crippen LogP contribution in [0, 0.1) is 19.8 Å². The Morgan fingerprint density at radius 3 is 2.55 bits per heavy atom. The number of benzene rings is 2. The summed E-state index contributed by atoms with van der Waals surface area (Å²) >= 11 is 0. The van der Waals surface area contributed by atoms with Gasteiger partial charge in [0.1, 0.15) is 5.69 Å². The standard InChI is InChI=1S/C27H32N4O2/c1-5-24-19(3)25(30(4)29-24)27(33)31-14-13-28-26(32)23(17-31)16-20-9-11-21(12-10-20)22-8-6-7-18(2)15-22/h6-12,15,23H,5,13-14,16-17H2,1-4H3,(H,28,32). The Bertz CT molecular complexity index is 1160. The van der Waals surface area contributed by atoms with Gasteiger partial charge >= 0.3 is 0 Å². The molecule has 2 heterocycles. The van der Waals surface area contributed by atoms with Crippen molar-refractivity contribution in [1.82, 2.24) is 20.0 Å². The maximum Gasteiger partial charge on any atom is 0.272 e. The number of nitrogens with one attached hydrogen (secondary N) is 1. The maximum atomic E-state index is 13.4. The Kier molecular flexibility index (Phi) is 6.63. The summed E-state index contributed by atoms with van der Waals surface area (Å²) in [6, 6.07) is 16.8. The van der Waals surface area contributed by atoms with Gasteiger partial charge in [-0.25, -0.2) is 0 Å². The lowest BCUT2D eigenvalue weighted by Gasteiger charge is -2.23. The van der Waals surface area contributed by atoms with Gasteiger partial charge in [0.2, 0.25) is 5.91 Å². The third-order valence-corrected chi connectivity index (χ3v) is 6.49. The highest BCUT2D eigenvalue weighted by molar-refractivity contribution is 5.95. The van der Waals surface area contributed by atoms with Crippen LogP contribution in [0.15, 0.2) is 48.5 Å². The van der Waals surface area contributed by atoms with E-state index in [2.05, 4.69) is 65.9 Å². The summed E-state index contributed by atoms with van der Waals surface area (Å²) in [6.07, 6.45) is 1.38. The van der Waals surface area contributed by atoms with Gasteiger partial charge in [-0.15, -0.1) is 0 Å². The number of aromatic nitrogens is 2. The fraction of sp³-hybridized carbons (Fsp3) is 0.370. The molecule has 1 saturated heterocycles. The largest absolute Gasteiger partial charge is 0.354 e. The lowest BCUT2D eigenvalue weighted by atomic mass is 9.95. The predicted molar refractivity (Wildman–Crippen MR) is 130 cm³/mol. The number of carbonyl (C=O) groups is 2. The average molecular weight is 445 g/mol. The third kappa shape index (κ3) is 4.85. The summed E-state index contributed by atoms with van der Waals surface area (Å²) < 4.78 is 1.68. The Balaban J connectivity index is 1.51. The molecule has 6 heteroatoms. The van der Waals surface area contributed by atoms with E-state index < -0.39 is 0 Å². The molecule has 1 unspecified atom stereocenters. The van der Waals surface area contributed by atoms with E-state index in [0.29, 0.717) is 31.7 Å². The van der Waals surface area contributed by atoms with E-state index in [4.69, 9.17) is 0 Å². The monoisotopic (exact) mass is 444 g/mol. The topological polar surface area (TPSA) is 67.2 Å². The molecule has 1 aliphatic heterocycles. The number of rotatable bonds is 5. The summed E-state index contributed by atoms with van der Waals surface area (Å²) in [7, 11) is 1.81. The van der Waals surface area contributed by atoms with E-state index >= 15 is 0 Å². The zero-order valence-corrected chi connectivity index (χ0v) is 19.9. The van der Waals surface area contributed by atoms with Crippen LogP contribution in [0.1, 0.15) is 39.8 Å². The first-order valence-electron chi connectivity index (χ1n) is 11.6. The molecule has 0 spiro atoms. The molecule has 1 aromatic heterocycles. The van der Waals surface area contributed by atoms with Crippen molar-refractivity contribution >= 4 is 11.8 Å². The van der Waals surface area contributed by atoms with Crippen LogP contribution in [-0.2, 0) is 24.7 Å². The number of nitrogens with zero attached hydrogens (tertiary/aromatic N) is 3. The highest BCUT2D eigenvalue weighted by atomic mass is 16.2. The third-order valence-electron chi connectivity index (χ3n) is 6.49. The lowest BCUT2D eigenvalue weighted by molar-refractivity contribution is -0.124. The number of hydrogen-bond donors (Lipinski definition) is 1. The summed E-state index contributed by atoms with van der Waals surface area (Å²) in [6.45, 7) is 7.44. The Morgan fingerprint density at radius 1 is 1.12 bits per heavy atom. The smallest absolute Gasteiger partial charge is 0.272 e. The van der Waals surface area contributed by atoms with Gasteiger partial charge in [-0.05, 0) is 43.4 Å². The molecule has 1 N–H and O–H groups in total. The highest BCUT2D eigenvalue weighted by Crippen LogP contribution is 2.23. The van der Waals surface area contributed by atoms with E-state index in [0.717, 1.165) is 28.8 Å². The lowest BCUT2D eigenvalue weighted by Crippen LogP contribution is -2.38. The fourth-order valence-electron chi connectivity index (χ4n) is 4.65. The van der Waals surface area contributed by atoms with E-state index in [1.165, 1.54) is 11.1 Å². The Morgan fingerprint density at radius 2 is 1.88 bits per heavy atom. The molecule has 0 saturated carbocycles. The number of carbonyl (C=O) groups excluding carboxylic acids is 2. The summed E-state index contributed by atoms with van der Waals surface area (Å²) in [5.41, 5.74) is 7.14. The molecule has 2 amide bonds. The molecule has 2 aromatic carbocycles. The quantitative estimate of drug-likeness (QED) is 0.653. The summed E-state index contributed by atoms with van der Waals surface area (Å²) in [4.78, 5) is 27.9. The van der Waals surface area contributed by atoms with E-state index in [9.17, 15) is 9.59 Å². The van der Waals surface area contributed by atoms with Gasteiger partial charge in [0.15, 0.2) is 0 Å². The van der Waals surface area contributed by atoms with Crippen molar-refractivity contribution in [3.05, 3.63) is 76.6 Å². The van der Waals surface area contributed by atoms with Crippen LogP contribution in [0.4, 0.5) is 0 Å². The predicted octanol–water partition coefficient (Wildman–Crippen LogP) is 3.70. The zero-order valence-electron chi connectivity index (χ0n) is 19.9. The second-order valence-electron chi connectivity index (χ2n) is 8.91. The van der Waals surface area contributed by atoms with Crippen LogP contribution < -0.4 is 5.32 Å². The van der Waals surface area contributed by atoms with Crippen LogP contribution >= 0.6 is 0 Å². The molecule has 6 nitrogen and oxygen atoms in total. The molecule has 0 bridgehead atoms. The first-order chi connectivity index (χ1) is 15.9. The molecular weight excluding hydrogens is 412 g/mol. The molecule has 1 atom stereocenters. The number of amides is 2. The van der Waals surface area contributed by atoms with Gasteiger partial charge in [-0.2, -0.15) is 5.10 Å². The molecule has 1 aliphatic rings. The molecule has 33 heavy (non-hydrogen) atoms. The first-order valence-corrected chi connectivity index (χ1v) is 11.6. The molecular formula is C27H32N4O2. The second kappa shape index (κ2) is 9.61. The van der Waals surface area contributed by atoms with Gasteiger partial charge < -0.3 is 10.2 Å². The van der Waals surface area contributed by atoms with E-state index in [-0.39, 0.29) is 17.7 Å². The maximum absolute atomic E-state index is 13.4. The Labute approximate surface area is 195 Å². The molecule has 1 fully saturated rings. The van der Waals surface area contributed by atoms with Gasteiger partial charge in [0, 0.05) is 32.2 Å². The SMILES string of the molecule is CCc1nn(C)c(C(=O)N2CCNC(=O)C(Cc3ccc(-c4cccc(C)c4)cc3)C2)c1C. The summed E-state index contributed by atoms with van der Waals surface area (Å²) in [5, 5.41) is 7.48. The molecule has 3 aromatic rings. The first kappa shape index (κ1) is 22.8. The highest BCUT2D eigenvalue weighted by Gasteiger charge is 2.30. The van der Waals surface area contributed by atoms with Crippen molar-refractivity contribution in [1.29, 1.82) is 0 Å². The minimum atomic E-state index is -0.291. The Hall–Kier alpha value is -3.41. The minimum absolute atomic E-state index is 0.00374. The van der Waals surface area contributed by atoms with Crippen LogP contribution in [0.5, 0.6) is 0 Å². The minimum Gasteiger partial charge on any atom is -0.354 e. The van der Waals surface area contributed by atoms with Crippen molar-refractivity contribution in [3.63, 3.8) is 0 Å². The van der Waals surface area contributed by atoms with Crippen molar-refractivity contribution in [2.45, 2.75) is 33.6 Å². The average Bonchev–Trinajstić information content (AvgIpc) is 2.97. The summed E-state index contributed by atoms with van der Waals surface area (Å²) in [5.74, 6) is -0.344. The normalized spacial score (nSPS) is 16.4. The molecule has 4 rings (SSSR count). The van der Waals surface area contributed by atoms with Crippen LogP contribution in [0.25, 0.3) is 11.1 Å². The van der Waals surface area contributed by atoms with Crippen molar-refractivity contribution in [3.8, 4) is 11.1 Å². The molecule has 0 radical (unpaired) electrons. The molecule has 172 valence electrons. The number of aryl methyl sites for hydroxylation is 3. The van der Waals surface area contributed by atoms with Crippen molar-refractivity contribution < 1.29 is 9.59 Å². The van der Waals surface area contributed by atoms with Gasteiger partial charge in [-0.3, -0.25) is 14.3 Å². The fourth-order valence-corrected chi connectivity index (χ4v) is 4.65. The zero-order chi connectivity index (χ0) is 23.5. The van der Waals surface area contributed by atoms with Crippen LogP contribution in [0.2, 0.25) is 0 Å². The van der Waals surface area contributed by atoms with Gasteiger partial charge in [-0.1, -0.05) is 61.0 Å². The van der Waals surface area contributed by atoms with Crippen LogP contribution in [0.3, 0.4) is 0 Å². The number of hydrogen-bond acceptors (Lipinski definition) is 3. The molecule has 0 aliphatic carbocycles.